The Morgan fingerprint density at radius 2 is 2.22 bits per heavy atom. The summed E-state index contributed by atoms with van der Waals surface area (Å²) in [6.45, 7) is 4.54. The van der Waals surface area contributed by atoms with Crippen molar-refractivity contribution in [3.63, 3.8) is 0 Å². The number of hydrogen-bond donors (Lipinski definition) is 1. The second kappa shape index (κ2) is 5.14. The predicted molar refractivity (Wildman–Crippen MR) is 63.5 cm³/mol. The van der Waals surface area contributed by atoms with Gasteiger partial charge in [0, 0.05) is 25.7 Å². The Morgan fingerprint density at radius 1 is 1.44 bits per heavy atom. The van der Waals surface area contributed by atoms with Crippen LogP contribution in [0.3, 0.4) is 0 Å². The van der Waals surface area contributed by atoms with Gasteiger partial charge in [-0.3, -0.25) is 0 Å². The molecular weight excluding hydrogens is 243 g/mol. The molecule has 0 saturated carbocycles. The fraction of sp³-hybridized carbons (Fsp3) is 0.583. The van der Waals surface area contributed by atoms with Gasteiger partial charge in [0.25, 0.3) is 0 Å². The van der Waals surface area contributed by atoms with Gasteiger partial charge in [-0.2, -0.15) is 13.2 Å². The Hall–Kier alpha value is -1.30. The lowest BCUT2D eigenvalue weighted by Gasteiger charge is -2.34. The maximum Gasteiger partial charge on any atom is 0.433 e. The predicted octanol–water partition coefficient (Wildman–Crippen LogP) is 2.29. The molecule has 1 saturated heterocycles. The van der Waals surface area contributed by atoms with E-state index in [9.17, 15) is 13.2 Å². The van der Waals surface area contributed by atoms with Gasteiger partial charge in [0.15, 0.2) is 0 Å². The highest BCUT2D eigenvalue weighted by Gasteiger charge is 2.32. The van der Waals surface area contributed by atoms with Gasteiger partial charge in [-0.15, -0.1) is 0 Å². The second-order valence-corrected chi connectivity index (χ2v) is 4.40. The number of rotatable bonds is 2. The Bertz CT molecular complexity index is 389. The summed E-state index contributed by atoms with van der Waals surface area (Å²) in [7, 11) is 0. The third-order valence-corrected chi connectivity index (χ3v) is 3.15. The van der Waals surface area contributed by atoms with Gasteiger partial charge in [-0.25, -0.2) is 4.98 Å². The lowest BCUT2D eigenvalue weighted by Crippen LogP contribution is -2.50. The van der Waals surface area contributed by atoms with E-state index in [1.807, 2.05) is 0 Å². The third-order valence-electron chi connectivity index (χ3n) is 3.15. The van der Waals surface area contributed by atoms with E-state index in [-0.39, 0.29) is 0 Å². The molecule has 1 aliphatic heterocycles. The molecule has 0 spiro atoms. The average Bonchev–Trinajstić information content (AvgIpc) is 2.38. The summed E-state index contributed by atoms with van der Waals surface area (Å²) < 4.78 is 37.2. The number of nitrogens with zero attached hydrogens (tertiary/aromatic N) is 2. The minimum Gasteiger partial charge on any atom is -0.367 e. The first-order chi connectivity index (χ1) is 8.50. The highest BCUT2D eigenvalue weighted by atomic mass is 19.4. The van der Waals surface area contributed by atoms with Crippen molar-refractivity contribution in [1.29, 1.82) is 0 Å². The molecule has 2 rings (SSSR count). The zero-order chi connectivity index (χ0) is 13.2. The molecule has 3 nitrogen and oxygen atoms in total. The van der Waals surface area contributed by atoms with E-state index >= 15 is 0 Å². The minimum atomic E-state index is -4.37. The topological polar surface area (TPSA) is 28.2 Å². The second-order valence-electron chi connectivity index (χ2n) is 4.40. The molecule has 1 N–H and O–H groups in total. The first-order valence-corrected chi connectivity index (χ1v) is 6.02. The minimum absolute atomic E-state index is 0.390. The zero-order valence-corrected chi connectivity index (χ0v) is 10.2. The van der Waals surface area contributed by atoms with Gasteiger partial charge < -0.3 is 10.2 Å². The van der Waals surface area contributed by atoms with E-state index in [0.717, 1.165) is 37.8 Å². The third kappa shape index (κ3) is 2.93. The van der Waals surface area contributed by atoms with Crippen molar-refractivity contribution < 1.29 is 13.2 Å². The molecule has 2 heterocycles. The van der Waals surface area contributed by atoms with Gasteiger partial charge in [-0.1, -0.05) is 6.92 Å². The van der Waals surface area contributed by atoms with E-state index in [2.05, 4.69) is 22.1 Å². The molecule has 6 heteroatoms. The zero-order valence-electron chi connectivity index (χ0n) is 10.2. The number of hydrogen-bond acceptors (Lipinski definition) is 3. The van der Waals surface area contributed by atoms with Crippen LogP contribution in [0.25, 0.3) is 0 Å². The monoisotopic (exact) mass is 259 g/mol. The fourth-order valence-corrected chi connectivity index (χ4v) is 2.07. The van der Waals surface area contributed by atoms with Gasteiger partial charge in [0.2, 0.25) is 0 Å². The Balaban J connectivity index is 2.09. The standard InChI is InChI=1S/C12H16F3N3/c1-2-9-8-18(6-5-16-9)10-3-4-11(17-7-10)12(13,14)15/h3-4,7,9,16H,2,5-6,8H2,1H3. The number of nitrogens with one attached hydrogen (secondary N) is 1. The van der Waals surface area contributed by atoms with Crippen LogP contribution in [0.15, 0.2) is 18.3 Å². The quantitative estimate of drug-likeness (QED) is 0.883. The van der Waals surface area contributed by atoms with Crippen molar-refractivity contribution >= 4 is 5.69 Å². The first-order valence-electron chi connectivity index (χ1n) is 6.02. The maximum absolute atomic E-state index is 12.4. The molecule has 0 aromatic carbocycles. The van der Waals surface area contributed by atoms with Crippen molar-refractivity contribution in [2.24, 2.45) is 0 Å². The van der Waals surface area contributed by atoms with Gasteiger partial charge in [0.05, 0.1) is 11.9 Å². The molecule has 1 aliphatic rings. The summed E-state index contributed by atoms with van der Waals surface area (Å²) in [4.78, 5) is 5.56. The van der Waals surface area contributed by atoms with Crippen LogP contribution in [0.2, 0.25) is 0 Å². The molecule has 100 valence electrons. The molecular formula is C12H16F3N3. The van der Waals surface area contributed by atoms with E-state index in [1.165, 1.54) is 12.3 Å². The number of piperazine rings is 1. The van der Waals surface area contributed by atoms with Crippen LogP contribution in [-0.4, -0.2) is 30.7 Å². The number of halogens is 3. The SMILES string of the molecule is CCC1CN(c2ccc(C(F)(F)F)nc2)CCN1. The summed E-state index contributed by atoms with van der Waals surface area (Å²) in [6, 6.07) is 2.92. The van der Waals surface area contributed by atoms with Crippen LogP contribution in [-0.2, 0) is 6.18 Å². The van der Waals surface area contributed by atoms with E-state index in [4.69, 9.17) is 0 Å². The summed E-state index contributed by atoms with van der Waals surface area (Å²) in [5, 5.41) is 3.36. The number of aromatic nitrogens is 1. The number of pyridine rings is 1. The number of alkyl halides is 3. The fourth-order valence-electron chi connectivity index (χ4n) is 2.07. The highest BCUT2D eigenvalue weighted by Crippen LogP contribution is 2.28. The van der Waals surface area contributed by atoms with Crippen LogP contribution in [0.5, 0.6) is 0 Å². The molecule has 0 amide bonds. The summed E-state index contributed by atoms with van der Waals surface area (Å²) in [6.07, 6.45) is -2.06. The molecule has 0 bridgehead atoms. The van der Waals surface area contributed by atoms with Crippen LogP contribution in [0, 0.1) is 0 Å². The van der Waals surface area contributed by atoms with Gasteiger partial charge >= 0.3 is 6.18 Å². The highest BCUT2D eigenvalue weighted by molar-refractivity contribution is 5.45. The lowest BCUT2D eigenvalue weighted by atomic mass is 10.1. The van der Waals surface area contributed by atoms with E-state index in [0.29, 0.717) is 6.04 Å². The molecule has 1 aromatic heterocycles. The number of anilines is 1. The van der Waals surface area contributed by atoms with Crippen molar-refractivity contribution in [3.05, 3.63) is 24.0 Å². The van der Waals surface area contributed by atoms with Gasteiger partial charge in [-0.05, 0) is 18.6 Å². The Morgan fingerprint density at radius 3 is 2.78 bits per heavy atom. The molecule has 0 aliphatic carbocycles. The molecule has 1 fully saturated rings. The molecule has 18 heavy (non-hydrogen) atoms. The van der Waals surface area contributed by atoms with Crippen LogP contribution in [0.1, 0.15) is 19.0 Å². The van der Waals surface area contributed by atoms with Crippen molar-refractivity contribution in [1.82, 2.24) is 10.3 Å². The Labute approximate surface area is 104 Å². The maximum atomic E-state index is 12.4. The molecule has 1 unspecified atom stereocenters. The lowest BCUT2D eigenvalue weighted by molar-refractivity contribution is -0.141. The molecule has 1 aromatic rings. The largest absolute Gasteiger partial charge is 0.433 e. The molecule has 1 atom stereocenters. The smallest absolute Gasteiger partial charge is 0.367 e. The van der Waals surface area contributed by atoms with Crippen molar-refractivity contribution in [2.45, 2.75) is 25.6 Å². The van der Waals surface area contributed by atoms with Crippen molar-refractivity contribution in [3.8, 4) is 0 Å². The first kappa shape index (κ1) is 13.1. The van der Waals surface area contributed by atoms with Crippen LogP contribution in [0.4, 0.5) is 18.9 Å². The Kier molecular flexibility index (Phi) is 3.75. The normalized spacial score (nSPS) is 21.1. The van der Waals surface area contributed by atoms with Gasteiger partial charge in [0.1, 0.15) is 5.69 Å². The summed E-state index contributed by atoms with van der Waals surface area (Å²) in [5.74, 6) is 0. The average molecular weight is 259 g/mol. The van der Waals surface area contributed by atoms with E-state index < -0.39 is 11.9 Å². The molecule has 0 radical (unpaired) electrons. The van der Waals surface area contributed by atoms with Crippen LogP contribution >= 0.6 is 0 Å². The van der Waals surface area contributed by atoms with E-state index in [1.54, 1.807) is 0 Å². The summed E-state index contributed by atoms with van der Waals surface area (Å²) in [5.41, 5.74) is -0.0867. The van der Waals surface area contributed by atoms with Crippen LogP contribution < -0.4 is 10.2 Å². The van der Waals surface area contributed by atoms with Crippen molar-refractivity contribution in [2.75, 3.05) is 24.5 Å². The summed E-state index contributed by atoms with van der Waals surface area (Å²) >= 11 is 0.